The van der Waals surface area contributed by atoms with Gasteiger partial charge in [0.05, 0.1) is 18.0 Å². The molecule has 1 amide bonds. The molecule has 0 aliphatic rings. The SMILES string of the molecule is COc1cccc2c1c(O)c(C(=O)NC(C)C(=O)O)c(=O)n2C. The van der Waals surface area contributed by atoms with E-state index >= 15 is 0 Å². The average Bonchev–Trinajstić information content (AvgIpc) is 2.51. The molecule has 1 aromatic heterocycles. The van der Waals surface area contributed by atoms with Gasteiger partial charge in [-0.1, -0.05) is 6.07 Å². The predicted octanol–water partition coefficient (Wildman–Crippen LogP) is 0.456. The topological polar surface area (TPSA) is 118 Å². The first-order valence-electron chi connectivity index (χ1n) is 6.72. The summed E-state index contributed by atoms with van der Waals surface area (Å²) in [6.07, 6.45) is 0. The third-order valence-electron chi connectivity index (χ3n) is 3.52. The highest BCUT2D eigenvalue weighted by molar-refractivity contribution is 6.04. The Labute approximate surface area is 130 Å². The van der Waals surface area contributed by atoms with E-state index in [-0.39, 0.29) is 11.1 Å². The van der Waals surface area contributed by atoms with Crippen LogP contribution in [0.15, 0.2) is 23.0 Å². The number of hydrogen-bond donors (Lipinski definition) is 3. The molecule has 1 heterocycles. The van der Waals surface area contributed by atoms with E-state index < -0.39 is 34.8 Å². The summed E-state index contributed by atoms with van der Waals surface area (Å²) in [6, 6.07) is 3.61. The summed E-state index contributed by atoms with van der Waals surface area (Å²) >= 11 is 0. The van der Waals surface area contributed by atoms with Gasteiger partial charge in [-0.25, -0.2) is 0 Å². The van der Waals surface area contributed by atoms with Crippen LogP contribution >= 0.6 is 0 Å². The maximum Gasteiger partial charge on any atom is 0.325 e. The zero-order chi connectivity index (χ0) is 17.3. The number of carbonyl (C=O) groups is 2. The minimum Gasteiger partial charge on any atom is -0.506 e. The second-order valence-electron chi connectivity index (χ2n) is 4.98. The number of rotatable bonds is 4. The van der Waals surface area contributed by atoms with E-state index in [1.165, 1.54) is 25.6 Å². The number of carboxylic acid groups (broad SMARTS) is 1. The van der Waals surface area contributed by atoms with Crippen LogP contribution in [0, 0.1) is 0 Å². The number of nitrogens with one attached hydrogen (secondary N) is 1. The van der Waals surface area contributed by atoms with Crippen molar-refractivity contribution in [2.24, 2.45) is 7.05 Å². The van der Waals surface area contributed by atoms with E-state index in [4.69, 9.17) is 9.84 Å². The van der Waals surface area contributed by atoms with Crippen molar-refractivity contribution in [1.29, 1.82) is 0 Å². The molecular weight excluding hydrogens is 304 g/mol. The van der Waals surface area contributed by atoms with Gasteiger partial charge in [0.25, 0.3) is 11.5 Å². The molecule has 122 valence electrons. The van der Waals surface area contributed by atoms with Crippen LogP contribution in [-0.2, 0) is 11.8 Å². The maximum atomic E-state index is 12.3. The quantitative estimate of drug-likeness (QED) is 0.753. The van der Waals surface area contributed by atoms with Crippen LogP contribution in [0.3, 0.4) is 0 Å². The molecule has 8 nitrogen and oxygen atoms in total. The first-order chi connectivity index (χ1) is 10.8. The third-order valence-corrected chi connectivity index (χ3v) is 3.52. The Morgan fingerprint density at radius 1 is 1.35 bits per heavy atom. The number of aromatic nitrogens is 1. The first kappa shape index (κ1) is 16.3. The number of fused-ring (bicyclic) bond motifs is 1. The van der Waals surface area contributed by atoms with Gasteiger partial charge >= 0.3 is 5.97 Å². The van der Waals surface area contributed by atoms with E-state index in [0.29, 0.717) is 5.52 Å². The standard InChI is InChI=1S/C15H16N2O6/c1-7(15(21)22)16-13(19)11-12(18)10-8(17(2)14(11)20)5-4-6-9(10)23-3/h4-7,18H,1-3H3,(H,16,19)(H,21,22). The molecule has 0 radical (unpaired) electrons. The number of benzene rings is 1. The number of carbonyl (C=O) groups excluding carboxylic acids is 1. The highest BCUT2D eigenvalue weighted by Crippen LogP contribution is 2.33. The van der Waals surface area contributed by atoms with Crippen molar-refractivity contribution in [1.82, 2.24) is 9.88 Å². The second kappa shape index (κ2) is 5.99. The van der Waals surface area contributed by atoms with Crippen LogP contribution in [0.1, 0.15) is 17.3 Å². The Morgan fingerprint density at radius 2 is 2.00 bits per heavy atom. The molecule has 8 heteroatoms. The Kier molecular flexibility index (Phi) is 4.26. The average molecular weight is 320 g/mol. The van der Waals surface area contributed by atoms with Crippen LogP contribution in [0.5, 0.6) is 11.5 Å². The molecule has 0 spiro atoms. The Hall–Kier alpha value is -3.03. The molecule has 0 aliphatic heterocycles. The number of ether oxygens (including phenoxy) is 1. The molecule has 0 saturated carbocycles. The molecule has 23 heavy (non-hydrogen) atoms. The molecule has 0 aliphatic carbocycles. The van der Waals surface area contributed by atoms with Crippen LogP contribution in [0.25, 0.3) is 10.9 Å². The lowest BCUT2D eigenvalue weighted by molar-refractivity contribution is -0.138. The number of aryl methyl sites for hydroxylation is 1. The smallest absolute Gasteiger partial charge is 0.325 e. The number of methoxy groups -OCH3 is 1. The van der Waals surface area contributed by atoms with Crippen molar-refractivity contribution in [2.75, 3.05) is 7.11 Å². The molecule has 1 unspecified atom stereocenters. The molecular formula is C15H16N2O6. The molecule has 1 atom stereocenters. The zero-order valence-corrected chi connectivity index (χ0v) is 12.8. The zero-order valence-electron chi connectivity index (χ0n) is 12.8. The molecule has 2 rings (SSSR count). The Balaban J connectivity index is 2.72. The fourth-order valence-corrected chi connectivity index (χ4v) is 2.25. The van der Waals surface area contributed by atoms with Gasteiger partial charge in [-0.3, -0.25) is 14.4 Å². The lowest BCUT2D eigenvalue weighted by atomic mass is 10.1. The Bertz CT molecular complexity index is 855. The molecule has 2 aromatic rings. The van der Waals surface area contributed by atoms with Gasteiger partial charge < -0.3 is 24.8 Å². The summed E-state index contributed by atoms with van der Waals surface area (Å²) in [6.45, 7) is 1.25. The monoisotopic (exact) mass is 320 g/mol. The summed E-state index contributed by atoms with van der Waals surface area (Å²) < 4.78 is 6.35. The van der Waals surface area contributed by atoms with E-state index in [0.717, 1.165) is 0 Å². The van der Waals surface area contributed by atoms with Crippen molar-refractivity contribution >= 4 is 22.8 Å². The molecule has 3 N–H and O–H groups in total. The van der Waals surface area contributed by atoms with Crippen molar-refractivity contribution in [3.63, 3.8) is 0 Å². The summed E-state index contributed by atoms with van der Waals surface area (Å²) in [7, 11) is 2.84. The van der Waals surface area contributed by atoms with Crippen LogP contribution in [-0.4, -0.2) is 39.8 Å². The minimum absolute atomic E-state index is 0.199. The Morgan fingerprint density at radius 3 is 2.57 bits per heavy atom. The van der Waals surface area contributed by atoms with E-state index in [1.807, 2.05) is 0 Å². The number of amides is 1. The summed E-state index contributed by atoms with van der Waals surface area (Å²) in [5, 5.41) is 21.6. The fourth-order valence-electron chi connectivity index (χ4n) is 2.25. The van der Waals surface area contributed by atoms with Gasteiger partial charge in [-0.15, -0.1) is 0 Å². The summed E-state index contributed by atoms with van der Waals surface area (Å²) in [4.78, 5) is 35.4. The van der Waals surface area contributed by atoms with Gasteiger partial charge in [0.2, 0.25) is 0 Å². The number of carboxylic acids is 1. The highest BCUT2D eigenvalue weighted by atomic mass is 16.5. The van der Waals surface area contributed by atoms with Gasteiger partial charge in [0.15, 0.2) is 0 Å². The van der Waals surface area contributed by atoms with E-state index in [1.54, 1.807) is 18.2 Å². The number of aliphatic carboxylic acids is 1. The van der Waals surface area contributed by atoms with Gasteiger partial charge in [-0.05, 0) is 19.1 Å². The van der Waals surface area contributed by atoms with Crippen LogP contribution < -0.4 is 15.6 Å². The van der Waals surface area contributed by atoms with Crippen LogP contribution in [0.4, 0.5) is 0 Å². The third kappa shape index (κ3) is 2.70. The number of hydrogen-bond acceptors (Lipinski definition) is 5. The van der Waals surface area contributed by atoms with Crippen molar-refractivity contribution < 1.29 is 24.5 Å². The lowest BCUT2D eigenvalue weighted by Crippen LogP contribution is -2.41. The number of pyridine rings is 1. The number of aromatic hydroxyl groups is 1. The van der Waals surface area contributed by atoms with Crippen molar-refractivity contribution in [3.05, 3.63) is 34.1 Å². The van der Waals surface area contributed by atoms with Gasteiger partial charge in [0, 0.05) is 7.05 Å². The number of nitrogens with zero attached hydrogens (tertiary/aromatic N) is 1. The van der Waals surface area contributed by atoms with E-state index in [2.05, 4.69) is 5.32 Å². The lowest BCUT2D eigenvalue weighted by Gasteiger charge is -2.15. The summed E-state index contributed by atoms with van der Waals surface area (Å²) in [5.41, 5.74) is -0.884. The molecule has 0 fully saturated rings. The van der Waals surface area contributed by atoms with Crippen LogP contribution in [0.2, 0.25) is 0 Å². The van der Waals surface area contributed by atoms with Crippen molar-refractivity contribution in [3.8, 4) is 11.5 Å². The summed E-state index contributed by atoms with van der Waals surface area (Å²) in [5.74, 6) is -2.48. The first-order valence-corrected chi connectivity index (χ1v) is 6.72. The second-order valence-corrected chi connectivity index (χ2v) is 4.98. The molecule has 1 aromatic carbocycles. The largest absolute Gasteiger partial charge is 0.506 e. The normalized spacial score (nSPS) is 12.0. The minimum atomic E-state index is -1.26. The maximum absolute atomic E-state index is 12.3. The molecule has 0 bridgehead atoms. The molecule has 0 saturated heterocycles. The van der Waals surface area contributed by atoms with Gasteiger partial charge in [0.1, 0.15) is 23.1 Å². The highest BCUT2D eigenvalue weighted by Gasteiger charge is 2.25. The van der Waals surface area contributed by atoms with E-state index in [9.17, 15) is 19.5 Å². The van der Waals surface area contributed by atoms with Crippen molar-refractivity contribution in [2.45, 2.75) is 13.0 Å². The fraction of sp³-hybridized carbons (Fsp3) is 0.267. The van der Waals surface area contributed by atoms with Gasteiger partial charge in [-0.2, -0.15) is 0 Å². The predicted molar refractivity (Wildman–Crippen MR) is 82.0 cm³/mol.